The summed E-state index contributed by atoms with van der Waals surface area (Å²) in [7, 11) is 0. The lowest BCUT2D eigenvalue weighted by molar-refractivity contribution is -0.123. The highest BCUT2D eigenvalue weighted by atomic mass is 35.5. The number of nitrogens with one attached hydrogen (secondary N) is 1. The molecule has 2 fully saturated rings. The van der Waals surface area contributed by atoms with E-state index in [1.807, 2.05) is 11.1 Å². The van der Waals surface area contributed by atoms with Crippen LogP contribution >= 0.6 is 24.8 Å². The summed E-state index contributed by atoms with van der Waals surface area (Å²) in [4.78, 5) is 37.2. The van der Waals surface area contributed by atoms with Crippen LogP contribution in [0.2, 0.25) is 0 Å². The molecule has 1 aromatic carbocycles. The van der Waals surface area contributed by atoms with Crippen LogP contribution in [-0.2, 0) is 21.4 Å². The predicted molar refractivity (Wildman–Crippen MR) is 161 cm³/mol. The maximum absolute atomic E-state index is 13.9. The van der Waals surface area contributed by atoms with Gasteiger partial charge in [0.2, 0.25) is 5.91 Å². The third kappa shape index (κ3) is 7.21. The first kappa shape index (κ1) is 32.4. The fourth-order valence-electron chi connectivity index (χ4n) is 6.19. The van der Waals surface area contributed by atoms with Gasteiger partial charge in [0.1, 0.15) is 11.6 Å². The van der Waals surface area contributed by atoms with Crippen molar-refractivity contribution in [2.45, 2.75) is 70.5 Å². The van der Waals surface area contributed by atoms with Crippen LogP contribution in [0.25, 0.3) is 0 Å². The van der Waals surface area contributed by atoms with Crippen molar-refractivity contribution in [3.05, 3.63) is 59.2 Å². The normalized spacial score (nSPS) is 24.7. The quantitative estimate of drug-likeness (QED) is 0.546. The third-order valence-electron chi connectivity index (χ3n) is 8.37. The third-order valence-corrected chi connectivity index (χ3v) is 8.37. The van der Waals surface area contributed by atoms with E-state index in [4.69, 9.17) is 4.98 Å². The molecule has 3 atom stereocenters. The summed E-state index contributed by atoms with van der Waals surface area (Å²) in [5, 5.41) is 3.59. The molecule has 7 nitrogen and oxygen atoms in total. The molecule has 0 saturated carbocycles. The van der Waals surface area contributed by atoms with E-state index in [0.717, 1.165) is 48.7 Å². The van der Waals surface area contributed by atoms with Crippen LogP contribution < -0.4 is 10.2 Å². The van der Waals surface area contributed by atoms with Crippen molar-refractivity contribution in [2.75, 3.05) is 44.2 Å². The largest absolute Gasteiger partial charge is 0.311 e. The van der Waals surface area contributed by atoms with Gasteiger partial charge >= 0.3 is 0 Å². The number of fused-ring (bicyclic) bond motifs is 1. The molecule has 2 saturated heterocycles. The zero-order valence-corrected chi connectivity index (χ0v) is 25.5. The van der Waals surface area contributed by atoms with Gasteiger partial charge < -0.3 is 10.2 Å². The number of pyridine rings is 1. The number of benzene rings is 1. The van der Waals surface area contributed by atoms with Crippen molar-refractivity contribution in [3.63, 3.8) is 0 Å². The summed E-state index contributed by atoms with van der Waals surface area (Å²) < 4.78 is 13.4. The second kappa shape index (κ2) is 13.3. The summed E-state index contributed by atoms with van der Waals surface area (Å²) in [5.74, 6) is 0.195. The van der Waals surface area contributed by atoms with E-state index in [1.165, 1.54) is 12.1 Å². The van der Waals surface area contributed by atoms with Crippen molar-refractivity contribution in [3.8, 4) is 0 Å². The summed E-state index contributed by atoms with van der Waals surface area (Å²) in [5.41, 5.74) is 3.63. The summed E-state index contributed by atoms with van der Waals surface area (Å²) in [6, 6.07) is 9.38. The molecule has 5 rings (SSSR count). The van der Waals surface area contributed by atoms with E-state index in [9.17, 15) is 14.0 Å². The minimum atomic E-state index is -0.247. The fraction of sp³-hybridized carbons (Fsp3) is 0.567. The Labute approximate surface area is 249 Å². The van der Waals surface area contributed by atoms with Crippen molar-refractivity contribution in [1.82, 2.24) is 20.1 Å². The molecule has 0 bridgehead atoms. The molecule has 0 radical (unpaired) electrons. The van der Waals surface area contributed by atoms with Crippen LogP contribution in [-0.4, -0.2) is 83.9 Å². The van der Waals surface area contributed by atoms with Gasteiger partial charge in [-0.2, -0.15) is 0 Å². The van der Waals surface area contributed by atoms with Gasteiger partial charge in [-0.25, -0.2) is 4.39 Å². The van der Waals surface area contributed by atoms with Gasteiger partial charge in [0.25, 0.3) is 0 Å². The number of aromatic nitrogens is 1. The van der Waals surface area contributed by atoms with Crippen LogP contribution in [0.15, 0.2) is 36.5 Å². The smallest absolute Gasteiger partial charge is 0.241 e. The zero-order chi connectivity index (χ0) is 27.0. The number of nitrogens with zero attached hydrogens (tertiary/aromatic N) is 4. The molecular weight excluding hydrogens is 552 g/mol. The van der Waals surface area contributed by atoms with Crippen molar-refractivity contribution in [1.29, 1.82) is 0 Å². The Morgan fingerprint density at radius 2 is 1.85 bits per heavy atom. The maximum atomic E-state index is 13.9. The molecule has 3 aliphatic rings. The maximum Gasteiger partial charge on any atom is 0.241 e. The average molecular weight is 595 g/mol. The SMILES string of the molecule is CC1CC(=O)CCN1C[C@H]1CN[C@H](C)CN1CC(=O)N1CC(C)(C)c2ncc(Cc3ccc(F)cc3)cc21.Cl.Cl. The predicted octanol–water partition coefficient (Wildman–Crippen LogP) is 4.00. The molecular formula is C30H42Cl2FN5O2. The number of hydrogen-bond acceptors (Lipinski definition) is 6. The minimum Gasteiger partial charge on any atom is -0.311 e. The molecule has 1 aromatic heterocycles. The van der Waals surface area contributed by atoms with Gasteiger partial charge in [-0.05, 0) is 49.6 Å². The van der Waals surface area contributed by atoms with Crippen LogP contribution in [0, 0.1) is 5.82 Å². The Hall–Kier alpha value is -2.10. The molecule has 3 aliphatic heterocycles. The van der Waals surface area contributed by atoms with E-state index >= 15 is 0 Å². The van der Waals surface area contributed by atoms with E-state index in [1.54, 1.807) is 12.1 Å². The number of hydrogen-bond donors (Lipinski definition) is 1. The van der Waals surface area contributed by atoms with Crippen LogP contribution in [0.4, 0.5) is 10.1 Å². The molecule has 1 unspecified atom stereocenters. The first-order valence-corrected chi connectivity index (χ1v) is 13.9. The van der Waals surface area contributed by atoms with Crippen LogP contribution in [0.3, 0.4) is 0 Å². The monoisotopic (exact) mass is 593 g/mol. The molecule has 1 amide bonds. The van der Waals surface area contributed by atoms with Gasteiger partial charge in [-0.1, -0.05) is 26.0 Å². The highest BCUT2D eigenvalue weighted by Gasteiger charge is 2.41. The summed E-state index contributed by atoms with van der Waals surface area (Å²) in [6.07, 6.45) is 3.75. The second-order valence-corrected chi connectivity index (χ2v) is 12.1. The summed E-state index contributed by atoms with van der Waals surface area (Å²) in [6.45, 7) is 12.8. The lowest BCUT2D eigenvalue weighted by Gasteiger charge is -2.43. The van der Waals surface area contributed by atoms with Crippen LogP contribution in [0.5, 0.6) is 0 Å². The number of anilines is 1. The summed E-state index contributed by atoms with van der Waals surface area (Å²) >= 11 is 0. The number of piperazine rings is 1. The van der Waals surface area contributed by atoms with Crippen molar-refractivity contribution < 1.29 is 14.0 Å². The topological polar surface area (TPSA) is 68.8 Å². The van der Waals surface area contributed by atoms with E-state index < -0.39 is 0 Å². The molecule has 1 N–H and O–H groups in total. The lowest BCUT2D eigenvalue weighted by Crippen LogP contribution is -2.61. The van der Waals surface area contributed by atoms with Crippen molar-refractivity contribution in [2.24, 2.45) is 0 Å². The molecule has 4 heterocycles. The van der Waals surface area contributed by atoms with Crippen LogP contribution in [0.1, 0.15) is 57.4 Å². The number of piperidine rings is 1. The first-order valence-electron chi connectivity index (χ1n) is 13.9. The molecule has 40 heavy (non-hydrogen) atoms. The lowest BCUT2D eigenvalue weighted by atomic mass is 9.91. The Morgan fingerprint density at radius 1 is 1.12 bits per heavy atom. The van der Waals surface area contributed by atoms with E-state index in [2.05, 4.69) is 48.9 Å². The number of halogens is 3. The Bertz CT molecular complexity index is 1200. The number of amides is 1. The Kier molecular flexibility index (Phi) is 10.7. The standard InChI is InChI=1S/C30H40FN5O2.2ClH/c1-20-16-35(25(15-32-20)17-34-10-9-26(37)11-21(34)2)18-28(38)36-19-30(3,4)29-27(36)13-23(14-33-29)12-22-5-7-24(31)8-6-22;;/h5-8,13-14,20-21,25,32H,9-12,15-19H2,1-4H3;2*1H/t20-,21?,25-;;/m1../s1. The van der Waals surface area contributed by atoms with Gasteiger partial charge in [0, 0.05) is 75.3 Å². The second-order valence-electron chi connectivity index (χ2n) is 12.1. The van der Waals surface area contributed by atoms with Gasteiger partial charge in [0.15, 0.2) is 0 Å². The molecule has 0 spiro atoms. The molecule has 10 heteroatoms. The van der Waals surface area contributed by atoms with E-state index in [0.29, 0.717) is 44.2 Å². The average Bonchev–Trinajstić information content (AvgIpc) is 3.14. The number of Topliss-reactive ketones (excluding diaryl/α,β-unsaturated/α-hetero) is 1. The van der Waals surface area contributed by atoms with Gasteiger partial charge in [-0.15, -0.1) is 24.8 Å². The number of carbonyl (C=O) groups excluding carboxylic acids is 2. The van der Waals surface area contributed by atoms with Crippen molar-refractivity contribution >= 4 is 42.2 Å². The highest BCUT2D eigenvalue weighted by molar-refractivity contribution is 5.97. The highest BCUT2D eigenvalue weighted by Crippen LogP contribution is 2.39. The molecule has 2 aromatic rings. The Balaban J connectivity index is 0.00000220. The molecule has 0 aliphatic carbocycles. The fourth-order valence-corrected chi connectivity index (χ4v) is 6.19. The van der Waals surface area contributed by atoms with Gasteiger partial charge in [0.05, 0.1) is 17.9 Å². The Morgan fingerprint density at radius 3 is 2.55 bits per heavy atom. The van der Waals surface area contributed by atoms with E-state index in [-0.39, 0.29) is 54.0 Å². The zero-order valence-electron chi connectivity index (χ0n) is 23.9. The number of carbonyl (C=O) groups is 2. The number of ketones is 1. The number of likely N-dealkylation sites (tertiary alicyclic amines) is 1. The first-order chi connectivity index (χ1) is 18.1. The minimum absolute atomic E-state index is 0. The number of rotatable bonds is 6. The van der Waals surface area contributed by atoms with Gasteiger partial charge in [-0.3, -0.25) is 24.4 Å². The molecule has 220 valence electrons.